The van der Waals surface area contributed by atoms with Crippen molar-refractivity contribution in [1.29, 1.82) is 0 Å². The van der Waals surface area contributed by atoms with E-state index in [9.17, 15) is 22.8 Å². The molecule has 2 N–H and O–H groups in total. The van der Waals surface area contributed by atoms with Crippen LogP contribution in [0.4, 0.5) is 23.7 Å². The average Bonchev–Trinajstić information content (AvgIpc) is 2.73. The highest BCUT2D eigenvalue weighted by Gasteiger charge is 2.30. The van der Waals surface area contributed by atoms with Gasteiger partial charge in [-0.1, -0.05) is 17.8 Å². The van der Waals surface area contributed by atoms with Gasteiger partial charge in [-0.2, -0.15) is 13.2 Å². The molecule has 0 unspecified atom stereocenters. The highest BCUT2D eigenvalue weighted by Crippen LogP contribution is 2.30. The zero-order chi connectivity index (χ0) is 14.8. The van der Waals surface area contributed by atoms with Crippen LogP contribution >= 0.6 is 11.8 Å². The monoisotopic (exact) mass is 302 g/mol. The molecular weight excluding hydrogens is 293 g/mol. The van der Waals surface area contributed by atoms with E-state index in [1.165, 1.54) is 18.2 Å². The predicted octanol–water partition coefficient (Wildman–Crippen LogP) is 2.98. The average molecular weight is 302 g/mol. The normalized spacial score (nSPS) is 14.9. The first-order valence-corrected chi connectivity index (χ1v) is 6.46. The summed E-state index contributed by atoms with van der Waals surface area (Å²) in [6.07, 6.45) is -3.19. The molecular formula is C12H9F3N2O2S. The van der Waals surface area contributed by atoms with Crippen molar-refractivity contribution in [1.82, 2.24) is 5.32 Å². The second-order valence-corrected chi connectivity index (χ2v) is 4.91. The maximum atomic E-state index is 12.5. The molecule has 0 bridgehead atoms. The Hall–Kier alpha value is -1.96. The molecule has 1 aromatic carbocycles. The fraction of sp³-hybridized carbons (Fsp3) is 0.167. The molecule has 0 saturated heterocycles. The summed E-state index contributed by atoms with van der Waals surface area (Å²) in [5, 5.41) is 4.52. The van der Waals surface area contributed by atoms with Crippen LogP contribution < -0.4 is 10.6 Å². The molecule has 1 aromatic rings. The van der Waals surface area contributed by atoms with Crippen LogP contribution in [0.15, 0.2) is 36.0 Å². The summed E-state index contributed by atoms with van der Waals surface area (Å²) in [6.45, 7) is 0. The third kappa shape index (κ3) is 3.77. The molecule has 0 aromatic heterocycles. The van der Waals surface area contributed by atoms with Crippen LogP contribution in [0.2, 0.25) is 0 Å². The minimum absolute atomic E-state index is 0.0231. The summed E-state index contributed by atoms with van der Waals surface area (Å²) in [4.78, 5) is 22.5. The minimum Gasteiger partial charge on any atom is -0.310 e. The number of urea groups is 1. The van der Waals surface area contributed by atoms with E-state index in [0.29, 0.717) is 11.4 Å². The standard InChI is InChI=1S/C12H9F3N2O2S/c13-12(14,15)7-2-1-3-8(4-7)16-11(19)17-9-5-10(18)20-6-9/h1-5H,6H2,(H2,16,17,19). The molecule has 1 aliphatic rings. The third-order valence-electron chi connectivity index (χ3n) is 2.38. The van der Waals surface area contributed by atoms with Crippen molar-refractivity contribution in [2.45, 2.75) is 6.18 Å². The van der Waals surface area contributed by atoms with Gasteiger partial charge in [0.2, 0.25) is 5.12 Å². The number of benzene rings is 1. The van der Waals surface area contributed by atoms with Crippen LogP contribution in [0.3, 0.4) is 0 Å². The summed E-state index contributed by atoms with van der Waals surface area (Å²) < 4.78 is 37.5. The van der Waals surface area contributed by atoms with Gasteiger partial charge in [-0.25, -0.2) is 4.79 Å². The topological polar surface area (TPSA) is 58.2 Å². The Morgan fingerprint density at radius 3 is 2.60 bits per heavy atom. The largest absolute Gasteiger partial charge is 0.416 e. The van der Waals surface area contributed by atoms with Gasteiger partial charge in [0.1, 0.15) is 0 Å². The van der Waals surface area contributed by atoms with Crippen molar-refractivity contribution in [3.05, 3.63) is 41.6 Å². The summed E-state index contributed by atoms with van der Waals surface area (Å²) >= 11 is 1.04. The number of halogens is 3. The molecule has 1 aliphatic heterocycles. The van der Waals surface area contributed by atoms with Crippen molar-refractivity contribution in [2.75, 3.05) is 11.1 Å². The van der Waals surface area contributed by atoms with Crippen molar-refractivity contribution < 1.29 is 22.8 Å². The summed E-state index contributed by atoms with van der Waals surface area (Å²) in [5.74, 6) is 0.342. The SMILES string of the molecule is O=C(NC1=CC(=O)SC1)Nc1cccc(C(F)(F)F)c1. The first-order chi connectivity index (χ1) is 9.34. The van der Waals surface area contributed by atoms with Crippen LogP contribution in [0.5, 0.6) is 0 Å². The zero-order valence-electron chi connectivity index (χ0n) is 9.95. The van der Waals surface area contributed by atoms with E-state index in [-0.39, 0.29) is 10.8 Å². The van der Waals surface area contributed by atoms with Gasteiger partial charge in [-0.3, -0.25) is 4.79 Å². The van der Waals surface area contributed by atoms with Crippen molar-refractivity contribution >= 4 is 28.6 Å². The summed E-state index contributed by atoms with van der Waals surface area (Å²) in [7, 11) is 0. The Bertz CT molecular complexity index is 584. The van der Waals surface area contributed by atoms with Crippen LogP contribution in [-0.4, -0.2) is 16.9 Å². The molecule has 8 heteroatoms. The molecule has 106 valence electrons. The smallest absolute Gasteiger partial charge is 0.310 e. The van der Waals surface area contributed by atoms with Crippen LogP contribution in [-0.2, 0) is 11.0 Å². The van der Waals surface area contributed by atoms with E-state index in [1.807, 2.05) is 0 Å². The summed E-state index contributed by atoms with van der Waals surface area (Å²) in [6, 6.07) is 3.61. The lowest BCUT2D eigenvalue weighted by Gasteiger charge is -2.10. The minimum atomic E-state index is -4.47. The Morgan fingerprint density at radius 1 is 1.25 bits per heavy atom. The molecule has 0 aliphatic carbocycles. The number of hydrogen-bond acceptors (Lipinski definition) is 3. The van der Waals surface area contributed by atoms with E-state index in [0.717, 1.165) is 23.9 Å². The van der Waals surface area contributed by atoms with Crippen molar-refractivity contribution in [3.63, 3.8) is 0 Å². The van der Waals surface area contributed by atoms with Crippen LogP contribution in [0.25, 0.3) is 0 Å². The van der Waals surface area contributed by atoms with E-state index >= 15 is 0 Å². The second-order valence-electron chi connectivity index (χ2n) is 3.93. The first kappa shape index (κ1) is 14.4. The lowest BCUT2D eigenvalue weighted by atomic mass is 10.2. The number of carbonyl (C=O) groups is 2. The molecule has 2 amide bonds. The van der Waals surface area contributed by atoms with Gasteiger partial charge in [-0.05, 0) is 18.2 Å². The second kappa shape index (κ2) is 5.58. The van der Waals surface area contributed by atoms with Crippen LogP contribution in [0, 0.1) is 0 Å². The first-order valence-electron chi connectivity index (χ1n) is 5.47. The zero-order valence-corrected chi connectivity index (χ0v) is 10.8. The molecule has 0 saturated carbocycles. The van der Waals surface area contributed by atoms with Gasteiger partial charge in [0.05, 0.1) is 5.56 Å². The van der Waals surface area contributed by atoms with Gasteiger partial charge >= 0.3 is 12.2 Å². The fourth-order valence-electron chi connectivity index (χ4n) is 1.53. The molecule has 2 rings (SSSR count). The predicted molar refractivity (Wildman–Crippen MR) is 69.1 cm³/mol. The quantitative estimate of drug-likeness (QED) is 0.883. The highest BCUT2D eigenvalue weighted by atomic mass is 32.2. The number of hydrogen-bond donors (Lipinski definition) is 2. The van der Waals surface area contributed by atoms with Gasteiger partial charge in [0, 0.05) is 23.2 Å². The number of nitrogens with one attached hydrogen (secondary N) is 2. The number of carbonyl (C=O) groups excluding carboxylic acids is 2. The van der Waals surface area contributed by atoms with Gasteiger partial charge in [0.15, 0.2) is 0 Å². The number of amides is 2. The molecule has 1 heterocycles. The number of rotatable bonds is 2. The number of alkyl halides is 3. The van der Waals surface area contributed by atoms with E-state index in [1.54, 1.807) is 0 Å². The molecule has 20 heavy (non-hydrogen) atoms. The molecule has 0 spiro atoms. The summed E-state index contributed by atoms with van der Waals surface area (Å²) in [5.41, 5.74) is -0.402. The molecule has 0 radical (unpaired) electrons. The highest BCUT2D eigenvalue weighted by molar-refractivity contribution is 8.14. The lowest BCUT2D eigenvalue weighted by molar-refractivity contribution is -0.137. The number of anilines is 1. The Labute approximate surface area is 116 Å². The van der Waals surface area contributed by atoms with Gasteiger partial charge in [0.25, 0.3) is 0 Å². The Kier molecular flexibility index (Phi) is 4.03. The lowest BCUT2D eigenvalue weighted by Crippen LogP contribution is -2.28. The van der Waals surface area contributed by atoms with Crippen LogP contribution in [0.1, 0.15) is 5.56 Å². The van der Waals surface area contributed by atoms with E-state index < -0.39 is 17.8 Å². The van der Waals surface area contributed by atoms with Crippen molar-refractivity contribution in [2.24, 2.45) is 0 Å². The Morgan fingerprint density at radius 2 is 2.00 bits per heavy atom. The fourth-order valence-corrected chi connectivity index (χ4v) is 2.21. The van der Waals surface area contributed by atoms with E-state index in [4.69, 9.17) is 0 Å². The molecule has 4 nitrogen and oxygen atoms in total. The van der Waals surface area contributed by atoms with E-state index in [2.05, 4.69) is 10.6 Å². The maximum absolute atomic E-state index is 12.5. The van der Waals surface area contributed by atoms with Gasteiger partial charge in [-0.15, -0.1) is 0 Å². The third-order valence-corrected chi connectivity index (χ3v) is 3.24. The van der Waals surface area contributed by atoms with Crippen molar-refractivity contribution in [3.8, 4) is 0 Å². The number of thioether (sulfide) groups is 1. The van der Waals surface area contributed by atoms with Gasteiger partial charge < -0.3 is 10.6 Å². The Balaban J connectivity index is 2.01. The molecule has 0 fully saturated rings. The molecule has 0 atom stereocenters. The maximum Gasteiger partial charge on any atom is 0.416 e.